The molecule has 21 heavy (non-hydrogen) atoms. The first kappa shape index (κ1) is 14.1. The molecule has 0 radical (unpaired) electrons. The van der Waals surface area contributed by atoms with Gasteiger partial charge in [0, 0.05) is 18.8 Å². The number of halogens is 2. The normalized spacial score (nSPS) is 10.8. The first-order chi connectivity index (χ1) is 10.3. The molecular weight excluding hydrogens is 305 g/mol. The summed E-state index contributed by atoms with van der Waals surface area (Å²) in [6.07, 6.45) is 2.03. The van der Waals surface area contributed by atoms with Gasteiger partial charge in [-0.25, -0.2) is 9.97 Å². The summed E-state index contributed by atoms with van der Waals surface area (Å²) in [4.78, 5) is 8.54. The molecule has 0 fully saturated rings. The Morgan fingerprint density at radius 1 is 1.00 bits per heavy atom. The van der Waals surface area contributed by atoms with E-state index in [0.29, 0.717) is 11.0 Å². The zero-order valence-electron chi connectivity index (χ0n) is 11.2. The molecule has 0 aliphatic rings. The lowest BCUT2D eigenvalue weighted by molar-refractivity contribution is 0.809. The van der Waals surface area contributed by atoms with Gasteiger partial charge in [-0.1, -0.05) is 41.9 Å². The molecule has 0 amide bonds. The summed E-state index contributed by atoms with van der Waals surface area (Å²) in [5, 5.41) is 0.406. The van der Waals surface area contributed by atoms with Crippen LogP contribution in [0.25, 0.3) is 11.4 Å². The molecule has 106 valence electrons. The van der Waals surface area contributed by atoms with Gasteiger partial charge in [-0.2, -0.15) is 0 Å². The maximum absolute atomic E-state index is 6.04. The predicted octanol–water partition coefficient (Wildman–Crippen LogP) is 4.39. The molecular formula is C16H13Cl2N3. The highest BCUT2D eigenvalue weighted by Crippen LogP contribution is 2.22. The van der Waals surface area contributed by atoms with E-state index in [0.717, 1.165) is 17.9 Å². The minimum absolute atomic E-state index is 0.243. The van der Waals surface area contributed by atoms with Crippen molar-refractivity contribution < 1.29 is 0 Å². The number of benzene rings is 1. The number of aromatic nitrogens is 3. The Bertz CT molecular complexity index is 738. The molecule has 0 spiro atoms. The van der Waals surface area contributed by atoms with E-state index in [1.165, 1.54) is 5.56 Å². The average Bonchev–Trinajstić information content (AvgIpc) is 2.96. The Balaban J connectivity index is 1.97. The molecule has 0 atom stereocenters. The van der Waals surface area contributed by atoms with Crippen LogP contribution < -0.4 is 0 Å². The lowest BCUT2D eigenvalue weighted by Crippen LogP contribution is -2.02. The fraction of sp³-hybridized carbons (Fsp3) is 0.125. The third-order valence-corrected chi connectivity index (χ3v) is 3.58. The minimum atomic E-state index is 0.243. The fourth-order valence-corrected chi connectivity index (χ4v) is 2.54. The van der Waals surface area contributed by atoms with Gasteiger partial charge in [0.1, 0.15) is 11.0 Å². The van der Waals surface area contributed by atoms with Gasteiger partial charge in [0.05, 0.1) is 17.3 Å². The zero-order chi connectivity index (χ0) is 14.7. The van der Waals surface area contributed by atoms with E-state index in [1.54, 1.807) is 6.07 Å². The summed E-state index contributed by atoms with van der Waals surface area (Å²) in [5.74, 6) is 0.777. The molecule has 2 heterocycles. The van der Waals surface area contributed by atoms with Crippen molar-refractivity contribution in [2.45, 2.75) is 12.4 Å². The van der Waals surface area contributed by atoms with Crippen molar-refractivity contribution in [2.24, 2.45) is 0 Å². The van der Waals surface area contributed by atoms with E-state index in [-0.39, 0.29) is 5.88 Å². The van der Waals surface area contributed by atoms with E-state index in [1.807, 2.05) is 36.5 Å². The van der Waals surface area contributed by atoms with Crippen molar-refractivity contribution in [2.75, 3.05) is 0 Å². The van der Waals surface area contributed by atoms with Crippen LogP contribution in [0, 0.1) is 0 Å². The first-order valence-electron chi connectivity index (χ1n) is 6.55. The van der Waals surface area contributed by atoms with Crippen molar-refractivity contribution in [3.8, 4) is 11.4 Å². The molecule has 3 aromatic rings. The van der Waals surface area contributed by atoms with Crippen molar-refractivity contribution in [3.63, 3.8) is 0 Å². The Morgan fingerprint density at radius 3 is 2.57 bits per heavy atom. The second-order valence-corrected chi connectivity index (χ2v) is 5.29. The Kier molecular flexibility index (Phi) is 4.23. The first-order valence-corrected chi connectivity index (χ1v) is 7.46. The molecule has 5 heteroatoms. The third kappa shape index (κ3) is 3.26. The van der Waals surface area contributed by atoms with E-state index in [2.05, 4.69) is 26.7 Å². The van der Waals surface area contributed by atoms with Crippen LogP contribution in [0.3, 0.4) is 0 Å². The van der Waals surface area contributed by atoms with Crippen LogP contribution in [0.4, 0.5) is 0 Å². The molecule has 0 unspecified atom stereocenters. The molecule has 0 aliphatic carbocycles. The van der Waals surface area contributed by atoms with Gasteiger partial charge in [0.2, 0.25) is 0 Å². The molecule has 3 rings (SSSR count). The van der Waals surface area contributed by atoms with Gasteiger partial charge in [0.25, 0.3) is 0 Å². The van der Waals surface area contributed by atoms with Crippen molar-refractivity contribution in [1.29, 1.82) is 0 Å². The second kappa shape index (κ2) is 6.29. The molecule has 0 saturated heterocycles. The van der Waals surface area contributed by atoms with E-state index in [4.69, 9.17) is 23.2 Å². The van der Waals surface area contributed by atoms with Gasteiger partial charge in [-0.3, -0.25) is 0 Å². The summed E-state index contributed by atoms with van der Waals surface area (Å²) >= 11 is 11.9. The molecule has 0 N–H and O–H groups in total. The fourth-order valence-electron chi connectivity index (χ4n) is 2.22. The highest BCUT2D eigenvalue weighted by atomic mass is 35.5. The van der Waals surface area contributed by atoms with E-state index < -0.39 is 0 Å². The van der Waals surface area contributed by atoms with Crippen LogP contribution in [0.1, 0.15) is 11.4 Å². The second-order valence-electron chi connectivity index (χ2n) is 4.63. The van der Waals surface area contributed by atoms with Gasteiger partial charge >= 0.3 is 0 Å². The number of nitrogens with zero attached hydrogens (tertiary/aromatic N) is 3. The van der Waals surface area contributed by atoms with Crippen molar-refractivity contribution in [3.05, 3.63) is 71.3 Å². The minimum Gasteiger partial charge on any atom is -0.342 e. The van der Waals surface area contributed by atoms with E-state index >= 15 is 0 Å². The highest BCUT2D eigenvalue weighted by Gasteiger charge is 2.09. The Hall–Kier alpha value is -1.84. The van der Waals surface area contributed by atoms with Crippen LogP contribution >= 0.6 is 23.2 Å². The quantitative estimate of drug-likeness (QED) is 0.528. The Morgan fingerprint density at radius 2 is 1.81 bits per heavy atom. The third-order valence-electron chi connectivity index (χ3n) is 3.15. The molecule has 0 aliphatic heterocycles. The highest BCUT2D eigenvalue weighted by molar-refractivity contribution is 6.29. The van der Waals surface area contributed by atoms with Crippen molar-refractivity contribution >= 4 is 23.2 Å². The number of hydrogen-bond donors (Lipinski definition) is 0. The van der Waals surface area contributed by atoms with Gasteiger partial charge < -0.3 is 4.57 Å². The average molecular weight is 318 g/mol. The monoisotopic (exact) mass is 317 g/mol. The number of rotatable bonds is 4. The predicted molar refractivity (Wildman–Crippen MR) is 85.6 cm³/mol. The summed E-state index contributed by atoms with van der Waals surface area (Å²) in [5.41, 5.74) is 3.01. The number of hydrogen-bond acceptors (Lipinski definition) is 2. The van der Waals surface area contributed by atoms with Crippen LogP contribution in [0.5, 0.6) is 0 Å². The number of alkyl halides is 1. The van der Waals surface area contributed by atoms with E-state index in [9.17, 15) is 0 Å². The van der Waals surface area contributed by atoms with Crippen molar-refractivity contribution in [1.82, 2.24) is 14.5 Å². The van der Waals surface area contributed by atoms with Crippen LogP contribution in [-0.2, 0) is 12.4 Å². The standard InChI is InChI=1S/C16H13Cl2N3/c17-10-16-19-13(9-15(18)20-16)14-7-4-8-21(14)11-12-5-2-1-3-6-12/h1-9H,10-11H2. The van der Waals surface area contributed by atoms with Gasteiger partial charge in [0.15, 0.2) is 0 Å². The van der Waals surface area contributed by atoms with Crippen LogP contribution in [0.2, 0.25) is 5.15 Å². The molecule has 1 aromatic carbocycles. The zero-order valence-corrected chi connectivity index (χ0v) is 12.7. The lowest BCUT2D eigenvalue weighted by Gasteiger charge is -2.10. The summed E-state index contributed by atoms with van der Waals surface area (Å²) in [6, 6.07) is 16.0. The molecule has 2 aromatic heterocycles. The molecule has 3 nitrogen and oxygen atoms in total. The maximum Gasteiger partial charge on any atom is 0.145 e. The maximum atomic E-state index is 6.04. The van der Waals surface area contributed by atoms with Crippen LogP contribution in [-0.4, -0.2) is 14.5 Å². The lowest BCUT2D eigenvalue weighted by atomic mass is 10.2. The van der Waals surface area contributed by atoms with Gasteiger partial charge in [-0.15, -0.1) is 11.6 Å². The largest absolute Gasteiger partial charge is 0.342 e. The summed E-state index contributed by atoms with van der Waals surface area (Å²) in [7, 11) is 0. The summed E-state index contributed by atoms with van der Waals surface area (Å²) < 4.78 is 2.13. The topological polar surface area (TPSA) is 30.7 Å². The smallest absolute Gasteiger partial charge is 0.145 e. The molecule has 0 saturated carbocycles. The van der Waals surface area contributed by atoms with Gasteiger partial charge in [-0.05, 0) is 17.7 Å². The van der Waals surface area contributed by atoms with Crippen LogP contribution in [0.15, 0.2) is 54.7 Å². The Labute approximate surface area is 133 Å². The SMILES string of the molecule is ClCc1nc(Cl)cc(-c2cccn2Cc2ccccc2)n1. The summed E-state index contributed by atoms with van der Waals surface area (Å²) in [6.45, 7) is 0.779. The molecule has 0 bridgehead atoms.